The van der Waals surface area contributed by atoms with Gasteiger partial charge in [-0.15, -0.1) is 0 Å². The monoisotopic (exact) mass is 397 g/mol. The van der Waals surface area contributed by atoms with Crippen LogP contribution in [-0.2, 0) is 6.18 Å². The van der Waals surface area contributed by atoms with E-state index in [0.717, 1.165) is 17.7 Å². The number of rotatable bonds is 3. The van der Waals surface area contributed by atoms with E-state index in [0.29, 0.717) is 16.5 Å². The number of benzene rings is 2. The van der Waals surface area contributed by atoms with Gasteiger partial charge in [-0.1, -0.05) is 47.5 Å². The number of nitrogens with one attached hydrogen (secondary N) is 1. The lowest BCUT2D eigenvalue weighted by Gasteiger charge is -2.12. The number of hydrogen-bond donors (Lipinski definition) is 1. The predicted octanol–water partition coefficient (Wildman–Crippen LogP) is 6.52. The van der Waals surface area contributed by atoms with Gasteiger partial charge >= 0.3 is 6.18 Å². The standard InChI is InChI=1S/C18H12Cl2F3N3/c1-10-4-2-7-13(19)16(10)25-15-9-14(20)24-17(26-15)11-5-3-6-12(8-11)18(21,22)23/h2-9H,1H3,(H,24,25,26). The van der Waals surface area contributed by atoms with Gasteiger partial charge in [0.25, 0.3) is 0 Å². The molecular weight excluding hydrogens is 386 g/mol. The summed E-state index contributed by atoms with van der Waals surface area (Å²) in [5, 5.41) is 3.63. The average molecular weight is 398 g/mol. The zero-order chi connectivity index (χ0) is 18.9. The summed E-state index contributed by atoms with van der Waals surface area (Å²) in [7, 11) is 0. The van der Waals surface area contributed by atoms with Crippen LogP contribution in [0.3, 0.4) is 0 Å². The number of aryl methyl sites for hydroxylation is 1. The number of anilines is 2. The zero-order valence-corrected chi connectivity index (χ0v) is 14.9. The number of hydrogen-bond acceptors (Lipinski definition) is 3. The molecule has 1 aromatic heterocycles. The van der Waals surface area contributed by atoms with Crippen LogP contribution < -0.4 is 5.32 Å². The highest BCUT2D eigenvalue weighted by atomic mass is 35.5. The molecule has 0 spiro atoms. The lowest BCUT2D eigenvalue weighted by molar-refractivity contribution is -0.137. The molecule has 134 valence electrons. The van der Waals surface area contributed by atoms with Crippen molar-refractivity contribution >= 4 is 34.7 Å². The second-order valence-corrected chi connectivity index (χ2v) is 6.33. The van der Waals surface area contributed by atoms with Crippen LogP contribution in [0.4, 0.5) is 24.7 Å². The van der Waals surface area contributed by atoms with Crippen LogP contribution >= 0.6 is 23.2 Å². The minimum atomic E-state index is -4.45. The van der Waals surface area contributed by atoms with Crippen molar-refractivity contribution in [3.05, 3.63) is 69.8 Å². The second-order valence-electron chi connectivity index (χ2n) is 5.53. The fourth-order valence-electron chi connectivity index (χ4n) is 2.36. The van der Waals surface area contributed by atoms with Gasteiger partial charge < -0.3 is 5.32 Å². The fourth-order valence-corrected chi connectivity index (χ4v) is 2.82. The van der Waals surface area contributed by atoms with Crippen molar-refractivity contribution in [2.24, 2.45) is 0 Å². The summed E-state index contributed by atoms with van der Waals surface area (Å²) in [4.78, 5) is 8.30. The van der Waals surface area contributed by atoms with Crippen LogP contribution in [0, 0.1) is 6.92 Å². The highest BCUT2D eigenvalue weighted by Gasteiger charge is 2.30. The largest absolute Gasteiger partial charge is 0.416 e. The van der Waals surface area contributed by atoms with Gasteiger partial charge in [-0.05, 0) is 30.7 Å². The van der Waals surface area contributed by atoms with E-state index in [1.807, 2.05) is 19.1 Å². The van der Waals surface area contributed by atoms with E-state index in [1.165, 1.54) is 18.2 Å². The van der Waals surface area contributed by atoms with Crippen molar-refractivity contribution in [1.82, 2.24) is 9.97 Å². The molecule has 0 saturated carbocycles. The smallest absolute Gasteiger partial charge is 0.339 e. The number of alkyl halides is 3. The van der Waals surface area contributed by atoms with Crippen LogP contribution in [0.5, 0.6) is 0 Å². The molecule has 26 heavy (non-hydrogen) atoms. The first-order chi connectivity index (χ1) is 12.2. The molecule has 8 heteroatoms. The van der Waals surface area contributed by atoms with Crippen molar-refractivity contribution < 1.29 is 13.2 Å². The van der Waals surface area contributed by atoms with E-state index >= 15 is 0 Å². The van der Waals surface area contributed by atoms with E-state index in [9.17, 15) is 13.2 Å². The Morgan fingerprint density at radius 2 is 1.69 bits per heavy atom. The van der Waals surface area contributed by atoms with Gasteiger partial charge in [0.1, 0.15) is 11.0 Å². The first-order valence-corrected chi connectivity index (χ1v) is 8.24. The van der Waals surface area contributed by atoms with Crippen LogP contribution in [0.2, 0.25) is 10.2 Å². The molecule has 0 aliphatic heterocycles. The number of nitrogens with zero attached hydrogens (tertiary/aromatic N) is 2. The third kappa shape index (κ3) is 4.08. The van der Waals surface area contributed by atoms with Gasteiger partial charge in [-0.3, -0.25) is 0 Å². The molecule has 3 aromatic rings. The van der Waals surface area contributed by atoms with E-state index in [4.69, 9.17) is 23.2 Å². The number of aromatic nitrogens is 2. The first kappa shape index (κ1) is 18.5. The molecule has 0 aliphatic carbocycles. The molecule has 0 bridgehead atoms. The van der Waals surface area contributed by atoms with Gasteiger partial charge in [-0.2, -0.15) is 13.2 Å². The zero-order valence-electron chi connectivity index (χ0n) is 13.4. The Kier molecular flexibility index (Phi) is 5.07. The molecule has 0 aliphatic rings. The van der Waals surface area contributed by atoms with Crippen LogP contribution in [0.1, 0.15) is 11.1 Å². The molecular formula is C18H12Cl2F3N3. The maximum Gasteiger partial charge on any atom is 0.416 e. The summed E-state index contributed by atoms with van der Waals surface area (Å²) in [5.74, 6) is 0.407. The molecule has 3 rings (SSSR count). The molecule has 0 saturated heterocycles. The van der Waals surface area contributed by atoms with Crippen molar-refractivity contribution in [3.8, 4) is 11.4 Å². The Balaban J connectivity index is 2.01. The molecule has 0 amide bonds. The third-order valence-electron chi connectivity index (χ3n) is 3.62. The van der Waals surface area contributed by atoms with Crippen LogP contribution in [0.25, 0.3) is 11.4 Å². The lowest BCUT2D eigenvalue weighted by atomic mass is 10.1. The molecule has 0 unspecified atom stereocenters. The van der Waals surface area contributed by atoms with Crippen molar-refractivity contribution in [1.29, 1.82) is 0 Å². The first-order valence-electron chi connectivity index (χ1n) is 7.48. The summed E-state index contributed by atoms with van der Waals surface area (Å²) in [6.07, 6.45) is -4.45. The van der Waals surface area contributed by atoms with Gasteiger partial charge in [0.05, 0.1) is 16.3 Å². The lowest BCUT2D eigenvalue weighted by Crippen LogP contribution is -2.05. The van der Waals surface area contributed by atoms with Crippen molar-refractivity contribution in [3.63, 3.8) is 0 Å². The molecule has 1 heterocycles. The quantitative estimate of drug-likeness (QED) is 0.511. The minimum Gasteiger partial charge on any atom is -0.339 e. The fraction of sp³-hybridized carbons (Fsp3) is 0.111. The molecule has 2 aromatic carbocycles. The van der Waals surface area contributed by atoms with E-state index in [2.05, 4.69) is 15.3 Å². The number of para-hydroxylation sites is 1. The van der Waals surface area contributed by atoms with E-state index < -0.39 is 11.7 Å². The van der Waals surface area contributed by atoms with E-state index in [1.54, 1.807) is 6.07 Å². The van der Waals surface area contributed by atoms with Crippen molar-refractivity contribution in [2.75, 3.05) is 5.32 Å². The Hall–Kier alpha value is -2.31. The Labute approximate surface area is 157 Å². The SMILES string of the molecule is Cc1cccc(Cl)c1Nc1cc(Cl)nc(-c2cccc(C(F)(F)F)c2)n1. The van der Waals surface area contributed by atoms with E-state index in [-0.39, 0.29) is 16.5 Å². The summed E-state index contributed by atoms with van der Waals surface area (Å²) >= 11 is 12.2. The summed E-state index contributed by atoms with van der Waals surface area (Å²) in [6.45, 7) is 1.87. The number of halogens is 5. The normalized spacial score (nSPS) is 11.5. The van der Waals surface area contributed by atoms with Crippen LogP contribution in [0.15, 0.2) is 48.5 Å². The molecule has 0 fully saturated rings. The predicted molar refractivity (Wildman–Crippen MR) is 97.0 cm³/mol. The van der Waals surface area contributed by atoms with Gasteiger partial charge in [0.15, 0.2) is 5.82 Å². The Bertz CT molecular complexity index is 938. The maximum atomic E-state index is 12.9. The highest BCUT2D eigenvalue weighted by molar-refractivity contribution is 6.33. The third-order valence-corrected chi connectivity index (χ3v) is 4.13. The average Bonchev–Trinajstić information content (AvgIpc) is 2.57. The molecule has 1 N–H and O–H groups in total. The molecule has 0 radical (unpaired) electrons. The van der Waals surface area contributed by atoms with Gasteiger partial charge in [0.2, 0.25) is 0 Å². The Morgan fingerprint density at radius 1 is 0.962 bits per heavy atom. The highest BCUT2D eigenvalue weighted by Crippen LogP contribution is 2.33. The van der Waals surface area contributed by atoms with Crippen LogP contribution in [-0.4, -0.2) is 9.97 Å². The van der Waals surface area contributed by atoms with Gasteiger partial charge in [0, 0.05) is 11.6 Å². The molecule has 3 nitrogen and oxygen atoms in total. The summed E-state index contributed by atoms with van der Waals surface area (Å²) in [6, 6.07) is 11.6. The van der Waals surface area contributed by atoms with Gasteiger partial charge in [-0.25, -0.2) is 9.97 Å². The Morgan fingerprint density at radius 3 is 2.38 bits per heavy atom. The topological polar surface area (TPSA) is 37.8 Å². The molecule has 0 atom stereocenters. The summed E-state index contributed by atoms with van der Waals surface area (Å²) in [5.41, 5.74) is 0.947. The maximum absolute atomic E-state index is 12.9. The van der Waals surface area contributed by atoms with Crippen molar-refractivity contribution in [2.45, 2.75) is 13.1 Å². The second kappa shape index (κ2) is 7.13. The summed E-state index contributed by atoms with van der Waals surface area (Å²) < 4.78 is 38.8. The minimum absolute atomic E-state index is 0.0795.